The van der Waals surface area contributed by atoms with Gasteiger partial charge in [-0.2, -0.15) is 13.2 Å². The van der Waals surface area contributed by atoms with Crippen LogP contribution in [-0.4, -0.2) is 35.5 Å². The van der Waals surface area contributed by atoms with E-state index < -0.39 is 29.4 Å². The maximum absolute atomic E-state index is 12.8. The number of ketones is 1. The molecule has 7 heteroatoms. The number of Topliss-reactive ketones (excluding diaryl/α,β-unsaturated/α-hetero) is 1. The molecular formula is C17H20F3NO3. The highest BCUT2D eigenvalue weighted by molar-refractivity contribution is 5.91. The highest BCUT2D eigenvalue weighted by Gasteiger charge is 2.35. The summed E-state index contributed by atoms with van der Waals surface area (Å²) in [6.45, 7) is 5.28. The Morgan fingerprint density at radius 2 is 1.92 bits per heavy atom. The molecule has 0 N–H and O–H groups in total. The third-order valence-electron chi connectivity index (χ3n) is 3.69. The number of amides is 1. The minimum absolute atomic E-state index is 0.157. The maximum Gasteiger partial charge on any atom is 0.416 e. The van der Waals surface area contributed by atoms with Crippen molar-refractivity contribution in [3.05, 3.63) is 35.4 Å². The zero-order valence-electron chi connectivity index (χ0n) is 13.8. The minimum Gasteiger partial charge on any atom is -0.444 e. The quantitative estimate of drug-likeness (QED) is 0.774. The number of piperidine rings is 1. The molecule has 1 amide bonds. The van der Waals surface area contributed by atoms with E-state index in [-0.39, 0.29) is 25.3 Å². The van der Waals surface area contributed by atoms with Gasteiger partial charge in [-0.1, -0.05) is 18.2 Å². The molecule has 1 aliphatic rings. The second kappa shape index (κ2) is 6.45. The molecule has 1 aromatic carbocycles. The Bertz CT molecular complexity index is 635. The Balaban J connectivity index is 2.09. The number of hydrogen-bond acceptors (Lipinski definition) is 3. The average molecular weight is 343 g/mol. The zero-order chi connectivity index (χ0) is 18.1. The highest BCUT2D eigenvalue weighted by Crippen LogP contribution is 2.33. The fraction of sp³-hybridized carbons (Fsp3) is 0.529. The van der Waals surface area contributed by atoms with Gasteiger partial charge in [-0.05, 0) is 38.8 Å². The summed E-state index contributed by atoms with van der Waals surface area (Å²) < 4.78 is 43.6. The van der Waals surface area contributed by atoms with Crippen molar-refractivity contribution in [3.63, 3.8) is 0 Å². The topological polar surface area (TPSA) is 46.6 Å². The SMILES string of the molecule is CC(C)(C)OC(=O)N1CC[C@H](c2cccc(C(F)(F)F)c2)C(=O)C1. The van der Waals surface area contributed by atoms with Crippen LogP contribution in [0.5, 0.6) is 0 Å². The molecule has 0 bridgehead atoms. The lowest BCUT2D eigenvalue weighted by Crippen LogP contribution is -2.45. The van der Waals surface area contributed by atoms with Crippen LogP contribution in [0.15, 0.2) is 24.3 Å². The van der Waals surface area contributed by atoms with E-state index in [0.29, 0.717) is 5.56 Å². The summed E-state index contributed by atoms with van der Waals surface area (Å²) in [6, 6.07) is 4.79. The molecule has 0 aliphatic carbocycles. The maximum atomic E-state index is 12.8. The lowest BCUT2D eigenvalue weighted by atomic mass is 9.87. The molecule has 4 nitrogen and oxygen atoms in total. The standard InChI is InChI=1S/C17H20F3NO3/c1-16(2,3)24-15(23)21-8-7-13(14(22)10-21)11-5-4-6-12(9-11)17(18,19)20/h4-6,9,13H,7-8,10H2,1-3H3/t13-/m1/s1. The van der Waals surface area contributed by atoms with E-state index in [1.807, 2.05) is 0 Å². The van der Waals surface area contributed by atoms with Crippen molar-refractivity contribution in [2.24, 2.45) is 0 Å². The monoisotopic (exact) mass is 343 g/mol. The Morgan fingerprint density at radius 3 is 2.46 bits per heavy atom. The van der Waals surface area contributed by atoms with Gasteiger partial charge in [0.1, 0.15) is 5.60 Å². The molecule has 1 saturated heterocycles. The van der Waals surface area contributed by atoms with Crippen LogP contribution in [0.4, 0.5) is 18.0 Å². The normalized spacial score (nSPS) is 19.3. The smallest absolute Gasteiger partial charge is 0.416 e. The van der Waals surface area contributed by atoms with Crippen LogP contribution in [0.1, 0.15) is 44.2 Å². The first kappa shape index (κ1) is 18.3. The van der Waals surface area contributed by atoms with Crippen molar-refractivity contribution in [1.82, 2.24) is 4.90 Å². The van der Waals surface area contributed by atoms with E-state index in [1.54, 1.807) is 20.8 Å². The van der Waals surface area contributed by atoms with E-state index in [2.05, 4.69) is 0 Å². The summed E-state index contributed by atoms with van der Waals surface area (Å²) in [5, 5.41) is 0. The second-order valence-corrected chi connectivity index (χ2v) is 6.83. The average Bonchev–Trinajstić information content (AvgIpc) is 2.44. The molecule has 24 heavy (non-hydrogen) atoms. The van der Waals surface area contributed by atoms with Crippen molar-refractivity contribution in [2.45, 2.75) is 44.9 Å². The number of benzene rings is 1. The molecule has 1 aliphatic heterocycles. The summed E-state index contributed by atoms with van der Waals surface area (Å²) in [6.07, 6.45) is -4.76. The van der Waals surface area contributed by atoms with E-state index in [0.717, 1.165) is 12.1 Å². The van der Waals surface area contributed by atoms with Gasteiger partial charge in [0, 0.05) is 12.5 Å². The van der Waals surface area contributed by atoms with Crippen LogP contribution in [0, 0.1) is 0 Å². The van der Waals surface area contributed by atoms with Crippen molar-refractivity contribution in [3.8, 4) is 0 Å². The third-order valence-corrected chi connectivity index (χ3v) is 3.69. The first-order valence-corrected chi connectivity index (χ1v) is 7.65. The molecule has 0 saturated carbocycles. The van der Waals surface area contributed by atoms with Gasteiger partial charge < -0.3 is 9.64 Å². The molecular weight excluding hydrogens is 323 g/mol. The van der Waals surface area contributed by atoms with Crippen LogP contribution in [-0.2, 0) is 15.7 Å². The van der Waals surface area contributed by atoms with Crippen LogP contribution in [0.25, 0.3) is 0 Å². The molecule has 1 atom stereocenters. The fourth-order valence-electron chi connectivity index (χ4n) is 2.59. The van der Waals surface area contributed by atoms with Gasteiger partial charge >= 0.3 is 12.3 Å². The number of hydrogen-bond donors (Lipinski definition) is 0. The number of likely N-dealkylation sites (tertiary alicyclic amines) is 1. The number of ether oxygens (including phenoxy) is 1. The van der Waals surface area contributed by atoms with Crippen LogP contribution in [0.3, 0.4) is 0 Å². The molecule has 0 radical (unpaired) electrons. The number of carbonyl (C=O) groups excluding carboxylic acids is 2. The molecule has 0 aromatic heterocycles. The van der Waals surface area contributed by atoms with E-state index in [4.69, 9.17) is 4.74 Å². The number of rotatable bonds is 1. The molecule has 132 valence electrons. The van der Waals surface area contributed by atoms with E-state index in [1.165, 1.54) is 17.0 Å². The number of carbonyl (C=O) groups is 2. The molecule has 2 rings (SSSR count). The van der Waals surface area contributed by atoms with Crippen molar-refractivity contribution < 1.29 is 27.5 Å². The third kappa shape index (κ3) is 4.49. The highest BCUT2D eigenvalue weighted by atomic mass is 19.4. The molecule has 0 unspecified atom stereocenters. The van der Waals surface area contributed by atoms with Gasteiger partial charge in [-0.25, -0.2) is 4.79 Å². The van der Waals surface area contributed by atoms with Crippen molar-refractivity contribution >= 4 is 11.9 Å². The van der Waals surface area contributed by atoms with E-state index in [9.17, 15) is 22.8 Å². The number of halogens is 3. The second-order valence-electron chi connectivity index (χ2n) is 6.83. The summed E-state index contributed by atoms with van der Waals surface area (Å²) in [5.74, 6) is -0.919. The zero-order valence-corrected chi connectivity index (χ0v) is 13.8. The van der Waals surface area contributed by atoms with Gasteiger partial charge in [0.15, 0.2) is 5.78 Å². The Labute approximate surface area is 138 Å². The van der Waals surface area contributed by atoms with E-state index >= 15 is 0 Å². The van der Waals surface area contributed by atoms with Crippen LogP contribution < -0.4 is 0 Å². The van der Waals surface area contributed by atoms with Gasteiger partial charge in [0.05, 0.1) is 12.1 Å². The first-order valence-electron chi connectivity index (χ1n) is 7.65. The first-order chi connectivity index (χ1) is 11.0. The minimum atomic E-state index is -4.45. The van der Waals surface area contributed by atoms with Crippen molar-refractivity contribution in [1.29, 1.82) is 0 Å². The summed E-state index contributed by atoms with van der Waals surface area (Å²) >= 11 is 0. The molecule has 1 fully saturated rings. The van der Waals surface area contributed by atoms with Gasteiger partial charge in [0.2, 0.25) is 0 Å². The van der Waals surface area contributed by atoms with Gasteiger partial charge in [-0.15, -0.1) is 0 Å². The number of alkyl halides is 3. The van der Waals surface area contributed by atoms with Gasteiger partial charge in [-0.3, -0.25) is 4.79 Å². The summed E-state index contributed by atoms with van der Waals surface area (Å²) in [7, 11) is 0. The molecule has 0 spiro atoms. The lowest BCUT2D eigenvalue weighted by Gasteiger charge is -2.32. The molecule has 1 aromatic rings. The largest absolute Gasteiger partial charge is 0.444 e. The summed E-state index contributed by atoms with van der Waals surface area (Å²) in [4.78, 5) is 25.6. The fourth-order valence-corrected chi connectivity index (χ4v) is 2.59. The van der Waals surface area contributed by atoms with Crippen LogP contribution >= 0.6 is 0 Å². The molecule has 1 heterocycles. The Hall–Kier alpha value is -2.05. The predicted octanol–water partition coefficient (Wildman–Crippen LogP) is 4.00. The van der Waals surface area contributed by atoms with Crippen LogP contribution in [0.2, 0.25) is 0 Å². The Kier molecular flexibility index (Phi) is 4.92. The lowest BCUT2D eigenvalue weighted by molar-refractivity contribution is -0.137. The summed E-state index contributed by atoms with van der Waals surface area (Å²) in [5.41, 5.74) is -1.11. The Morgan fingerprint density at radius 1 is 1.25 bits per heavy atom. The predicted molar refractivity (Wildman–Crippen MR) is 81.6 cm³/mol. The van der Waals surface area contributed by atoms with Gasteiger partial charge in [0.25, 0.3) is 0 Å². The number of nitrogens with zero attached hydrogens (tertiary/aromatic N) is 1. The van der Waals surface area contributed by atoms with Crippen molar-refractivity contribution in [2.75, 3.05) is 13.1 Å².